The van der Waals surface area contributed by atoms with E-state index >= 15 is 0 Å². The third-order valence-corrected chi connectivity index (χ3v) is 16.8. The zero-order valence-electron chi connectivity index (χ0n) is 50.3. The Bertz CT molecular complexity index is 2530. The topological polar surface area (TPSA) is 156 Å². The molecule has 0 fully saturated rings. The smallest absolute Gasteiger partial charge is 0.0820 e. The van der Waals surface area contributed by atoms with Gasteiger partial charge in [0.05, 0.1) is 35.0 Å². The second-order valence-electron chi connectivity index (χ2n) is 23.2. The van der Waals surface area contributed by atoms with E-state index in [1.54, 1.807) is 0 Å². The van der Waals surface area contributed by atoms with Gasteiger partial charge in [-0.1, -0.05) is 194 Å². The standard InChI is InChI=1S/C68H106N4O6/c1-9-11-13-15-17-19-21-23-25-27-29-31-33-35-37-43-77-53(7)67-51(5)59-45-57-49(3)55(39-41-65(73)74)61(69-57)48-62-56(40-42-66(75)76)50(4)58(70-62)46-63-68(52(6)60(72-63)47-64(67)71-59)54(8)78-44-38-36-34-32-30-28-26-24-22-20-18-16-14-12-10-2/h45-48,53-54,71-72H,9-44H2,1-8H3,(H,73,74)(H,75,76)/p-2. The maximum atomic E-state index is 11.9. The fourth-order valence-corrected chi connectivity index (χ4v) is 11.9. The van der Waals surface area contributed by atoms with E-state index in [9.17, 15) is 19.8 Å². The van der Waals surface area contributed by atoms with Crippen molar-refractivity contribution in [1.29, 1.82) is 0 Å². The van der Waals surface area contributed by atoms with E-state index in [0.717, 1.165) is 104 Å². The molecule has 0 aliphatic carbocycles. The number of H-pyrrole nitrogens is 2. The number of carboxylic acid groups (broad SMARTS) is 2. The van der Waals surface area contributed by atoms with E-state index < -0.39 is 11.9 Å². The lowest BCUT2D eigenvalue weighted by Crippen LogP contribution is -2.21. The maximum Gasteiger partial charge on any atom is 0.0820 e. The van der Waals surface area contributed by atoms with Gasteiger partial charge in [0.15, 0.2) is 0 Å². The van der Waals surface area contributed by atoms with Gasteiger partial charge in [-0.15, -0.1) is 0 Å². The first-order valence-corrected chi connectivity index (χ1v) is 31.6. The van der Waals surface area contributed by atoms with Gasteiger partial charge in [0, 0.05) is 58.3 Å². The van der Waals surface area contributed by atoms with Crippen molar-refractivity contribution in [2.45, 2.75) is 286 Å². The van der Waals surface area contributed by atoms with Crippen LogP contribution in [0.15, 0.2) is 24.3 Å². The fourth-order valence-electron chi connectivity index (χ4n) is 11.9. The number of allylic oxidation sites excluding steroid dienone is 4. The van der Waals surface area contributed by atoms with Crippen LogP contribution >= 0.6 is 0 Å². The van der Waals surface area contributed by atoms with Crippen LogP contribution in [0.5, 0.6) is 0 Å². The lowest BCUT2D eigenvalue weighted by molar-refractivity contribution is -0.306. The number of aromatic amines is 2. The largest absolute Gasteiger partial charge is 0.550 e. The van der Waals surface area contributed by atoms with E-state index in [0.29, 0.717) is 24.6 Å². The molecule has 434 valence electrons. The van der Waals surface area contributed by atoms with Gasteiger partial charge >= 0.3 is 0 Å². The SMILES string of the molecule is CCCCCCCCCCCCCCCCCOC(C)c1c(C)c2cc3[nH]c(cc4nc(cc5nc(cc1[nH]2)C(C)=C5CCC(=O)[O-])C(CCC(=O)[O-])=C4C)c(C)c3C(C)OCCCCCCCCCCCCCCCCC. The Hall–Kier alpha value is -4.54. The quantitative estimate of drug-likeness (QED) is 0.0531. The molecule has 5 rings (SSSR count). The summed E-state index contributed by atoms with van der Waals surface area (Å²) in [5, 5.41) is 23.8. The monoisotopic (exact) mass is 1070 g/mol. The van der Waals surface area contributed by atoms with Crippen molar-refractivity contribution >= 4 is 56.3 Å². The molecule has 78 heavy (non-hydrogen) atoms. The number of carbonyl (C=O) groups excluding carboxylic acids is 2. The van der Waals surface area contributed by atoms with Crippen molar-refractivity contribution in [3.63, 3.8) is 0 Å². The molecule has 0 aromatic carbocycles. The summed E-state index contributed by atoms with van der Waals surface area (Å²) in [4.78, 5) is 41.7. The zero-order valence-corrected chi connectivity index (χ0v) is 50.3. The molecule has 0 saturated carbocycles. The van der Waals surface area contributed by atoms with Crippen LogP contribution in [0, 0.1) is 13.8 Å². The number of fused-ring (bicyclic) bond motifs is 8. The Morgan fingerprint density at radius 3 is 1.05 bits per heavy atom. The highest BCUT2D eigenvalue weighted by atomic mass is 16.5. The van der Waals surface area contributed by atoms with Gasteiger partial charge < -0.3 is 39.2 Å². The summed E-state index contributed by atoms with van der Waals surface area (Å²) in [6.45, 7) is 18.5. The summed E-state index contributed by atoms with van der Waals surface area (Å²) in [5.41, 5.74) is 14.0. The number of unbranched alkanes of at least 4 members (excludes halogenated alkanes) is 28. The average Bonchev–Trinajstić information content (AvgIpc) is 4.21. The predicted molar refractivity (Wildman–Crippen MR) is 323 cm³/mol. The molecule has 5 heterocycles. The number of carbonyl (C=O) groups is 2. The van der Waals surface area contributed by atoms with Crippen molar-refractivity contribution in [3.05, 3.63) is 69.3 Å². The molecule has 2 N–H and O–H groups in total. The fraction of sp³-hybridized carbons (Fsp3) is 0.676. The Kier molecular flexibility index (Phi) is 29.6. The molecule has 2 unspecified atom stereocenters. The van der Waals surface area contributed by atoms with E-state index in [4.69, 9.17) is 19.4 Å². The minimum atomic E-state index is -1.13. The number of rotatable bonds is 42. The van der Waals surface area contributed by atoms with Crippen molar-refractivity contribution in [2.75, 3.05) is 13.2 Å². The molecule has 0 radical (unpaired) electrons. The summed E-state index contributed by atoms with van der Waals surface area (Å²) >= 11 is 0. The van der Waals surface area contributed by atoms with Crippen LogP contribution < -0.4 is 10.2 Å². The molecule has 10 heteroatoms. The minimum Gasteiger partial charge on any atom is -0.550 e. The Morgan fingerprint density at radius 2 is 0.718 bits per heavy atom. The second kappa shape index (κ2) is 35.9. The molecule has 0 amide bonds. The third-order valence-electron chi connectivity index (χ3n) is 16.8. The summed E-state index contributed by atoms with van der Waals surface area (Å²) in [6.07, 6.45) is 39.4. The van der Waals surface area contributed by atoms with E-state index in [1.807, 2.05) is 19.9 Å². The number of ether oxygens (including phenoxy) is 2. The van der Waals surface area contributed by atoms with Crippen molar-refractivity contribution < 1.29 is 29.3 Å². The molecule has 2 aliphatic rings. The molecular weight excluding hydrogens is 969 g/mol. The number of hydrogen-bond donors (Lipinski definition) is 2. The van der Waals surface area contributed by atoms with Crippen LogP contribution in [0.2, 0.25) is 0 Å². The van der Waals surface area contributed by atoms with Gasteiger partial charge in [-0.25, -0.2) is 9.97 Å². The van der Waals surface area contributed by atoms with E-state index in [1.165, 1.54) is 167 Å². The number of nitrogens with one attached hydrogen (secondary N) is 2. The molecule has 10 nitrogen and oxygen atoms in total. The minimum absolute atomic E-state index is 0.160. The highest BCUT2D eigenvalue weighted by molar-refractivity contribution is 5.96. The van der Waals surface area contributed by atoms with Gasteiger partial charge in [0.2, 0.25) is 0 Å². The van der Waals surface area contributed by atoms with Gasteiger partial charge in [-0.3, -0.25) is 0 Å². The maximum absolute atomic E-state index is 11.9. The van der Waals surface area contributed by atoms with Gasteiger partial charge in [-0.05, 0) is 138 Å². The van der Waals surface area contributed by atoms with Crippen molar-refractivity contribution in [1.82, 2.24) is 19.9 Å². The Balaban J connectivity index is 1.37. The molecule has 3 aromatic rings. The number of nitrogens with zero attached hydrogens (tertiary/aromatic N) is 2. The molecule has 2 atom stereocenters. The zero-order chi connectivity index (χ0) is 56.1. The van der Waals surface area contributed by atoms with Crippen LogP contribution in [0.1, 0.15) is 317 Å². The van der Waals surface area contributed by atoms with Crippen LogP contribution in [-0.4, -0.2) is 45.1 Å². The molecule has 3 aromatic heterocycles. The molecule has 8 bridgehead atoms. The van der Waals surface area contributed by atoms with Crippen molar-refractivity contribution in [2.24, 2.45) is 0 Å². The van der Waals surface area contributed by atoms with Gasteiger partial charge in [-0.2, -0.15) is 0 Å². The van der Waals surface area contributed by atoms with Crippen LogP contribution in [0.3, 0.4) is 0 Å². The number of aliphatic carboxylic acids is 2. The highest BCUT2D eigenvalue weighted by Crippen LogP contribution is 2.40. The van der Waals surface area contributed by atoms with E-state index in [2.05, 4.69) is 69.7 Å². The van der Waals surface area contributed by atoms with Crippen LogP contribution in [0.25, 0.3) is 44.4 Å². The first kappa shape index (κ1) is 64.3. The predicted octanol–water partition coefficient (Wildman–Crippen LogP) is 17.8. The average molecular weight is 1070 g/mol. The number of aryl methyl sites for hydroxylation is 2. The Labute approximate surface area is 471 Å². The first-order valence-electron chi connectivity index (χ1n) is 31.6. The molecule has 2 aliphatic heterocycles. The summed E-state index contributed by atoms with van der Waals surface area (Å²) < 4.78 is 13.4. The molecule has 0 saturated heterocycles. The highest BCUT2D eigenvalue weighted by Gasteiger charge is 2.24. The summed E-state index contributed by atoms with van der Waals surface area (Å²) in [5.74, 6) is -2.27. The number of aromatic nitrogens is 4. The normalized spacial score (nSPS) is 13.5. The van der Waals surface area contributed by atoms with Crippen molar-refractivity contribution in [3.8, 4) is 0 Å². The van der Waals surface area contributed by atoms with Gasteiger partial charge in [0.1, 0.15) is 0 Å². The number of hydrogen-bond acceptors (Lipinski definition) is 8. The summed E-state index contributed by atoms with van der Waals surface area (Å²) in [7, 11) is 0. The lowest BCUT2D eigenvalue weighted by atomic mass is 9.98. The third kappa shape index (κ3) is 21.2. The number of carboxylic acids is 2. The van der Waals surface area contributed by atoms with E-state index in [-0.39, 0.29) is 37.9 Å². The van der Waals surface area contributed by atoms with Crippen LogP contribution in [0.4, 0.5) is 0 Å². The molecular formula is C68H104N4O6-2. The van der Waals surface area contributed by atoms with Crippen LogP contribution in [-0.2, 0) is 19.1 Å². The lowest BCUT2D eigenvalue weighted by Gasteiger charge is -2.14. The summed E-state index contributed by atoms with van der Waals surface area (Å²) in [6, 6.07) is 8.23. The Morgan fingerprint density at radius 1 is 0.423 bits per heavy atom. The first-order chi connectivity index (χ1) is 37.8. The second-order valence-corrected chi connectivity index (χ2v) is 23.2. The van der Waals surface area contributed by atoms with Gasteiger partial charge in [0.25, 0.3) is 0 Å². The molecule has 0 spiro atoms.